The van der Waals surface area contributed by atoms with Crippen LogP contribution >= 0.6 is 11.6 Å². The van der Waals surface area contributed by atoms with Crippen LogP contribution in [0.3, 0.4) is 0 Å². The van der Waals surface area contributed by atoms with Crippen molar-refractivity contribution in [3.63, 3.8) is 0 Å². The molecule has 3 aromatic carbocycles. The zero-order chi connectivity index (χ0) is 29.1. The number of carbonyl (C=O) groups excluding carboxylic acids is 2. The lowest BCUT2D eigenvalue weighted by Crippen LogP contribution is -2.53. The molecule has 214 valence electrons. The monoisotopic (exact) mass is 585 g/mol. The van der Waals surface area contributed by atoms with E-state index in [1.807, 2.05) is 44.2 Å². The van der Waals surface area contributed by atoms with E-state index >= 15 is 0 Å². The number of carbonyl (C=O) groups is 2. The molecule has 0 aliphatic carbocycles. The summed E-state index contributed by atoms with van der Waals surface area (Å²) in [7, 11) is -3.84. The van der Waals surface area contributed by atoms with Gasteiger partial charge in [-0.2, -0.15) is 0 Å². The van der Waals surface area contributed by atoms with Crippen LogP contribution < -0.4 is 14.4 Å². The number of nitrogens with zero attached hydrogens (tertiary/aromatic N) is 2. The first kappa shape index (κ1) is 31.0. The Morgan fingerprint density at radius 2 is 1.57 bits per heavy atom. The van der Waals surface area contributed by atoms with Crippen LogP contribution in [0.4, 0.5) is 5.69 Å². The largest absolute Gasteiger partial charge is 0.494 e. The summed E-state index contributed by atoms with van der Waals surface area (Å²) in [5, 5.41) is 3.46. The third-order valence-electron chi connectivity index (χ3n) is 6.20. The highest BCUT2D eigenvalue weighted by Gasteiger charge is 2.33. The maximum absolute atomic E-state index is 14.0. The van der Waals surface area contributed by atoms with E-state index in [1.54, 1.807) is 48.5 Å². The molecule has 0 heterocycles. The maximum atomic E-state index is 14.0. The molecule has 0 aliphatic heterocycles. The van der Waals surface area contributed by atoms with Crippen molar-refractivity contribution in [2.24, 2.45) is 0 Å². The summed E-state index contributed by atoms with van der Waals surface area (Å²) in [5.74, 6) is -0.229. The highest BCUT2D eigenvalue weighted by molar-refractivity contribution is 7.92. The molecule has 8 nitrogen and oxygen atoms in total. The average Bonchev–Trinajstić information content (AvgIpc) is 2.94. The van der Waals surface area contributed by atoms with Crippen molar-refractivity contribution in [1.82, 2.24) is 10.2 Å². The summed E-state index contributed by atoms with van der Waals surface area (Å²) < 4.78 is 32.2. The molecule has 0 fully saturated rings. The molecule has 0 saturated heterocycles. The van der Waals surface area contributed by atoms with Crippen LogP contribution in [0.2, 0.25) is 5.02 Å². The number of amides is 2. The lowest BCUT2D eigenvalue weighted by atomic mass is 10.0. The van der Waals surface area contributed by atoms with Crippen molar-refractivity contribution in [1.29, 1.82) is 0 Å². The third kappa shape index (κ3) is 8.99. The van der Waals surface area contributed by atoms with E-state index in [0.717, 1.165) is 28.1 Å². The quantitative estimate of drug-likeness (QED) is 0.297. The molecule has 2 amide bonds. The van der Waals surface area contributed by atoms with Gasteiger partial charge in [-0.15, -0.1) is 0 Å². The van der Waals surface area contributed by atoms with Crippen LogP contribution in [-0.4, -0.2) is 57.1 Å². The van der Waals surface area contributed by atoms with Gasteiger partial charge in [0.15, 0.2) is 0 Å². The predicted octanol–water partition coefficient (Wildman–Crippen LogP) is 4.67. The van der Waals surface area contributed by atoms with Crippen LogP contribution in [-0.2, 0) is 32.6 Å². The van der Waals surface area contributed by atoms with Gasteiger partial charge in [-0.3, -0.25) is 13.9 Å². The van der Waals surface area contributed by atoms with Gasteiger partial charge in [0.25, 0.3) is 0 Å². The molecule has 3 rings (SSSR count). The zero-order valence-electron chi connectivity index (χ0n) is 23.0. The Morgan fingerprint density at radius 1 is 0.925 bits per heavy atom. The fourth-order valence-electron chi connectivity index (χ4n) is 4.20. The summed E-state index contributed by atoms with van der Waals surface area (Å²) in [4.78, 5) is 28.9. The van der Waals surface area contributed by atoms with Crippen molar-refractivity contribution in [3.05, 3.63) is 95.0 Å². The second-order valence-corrected chi connectivity index (χ2v) is 11.7. The molecule has 40 heavy (non-hydrogen) atoms. The molecule has 0 radical (unpaired) electrons. The molecule has 0 aromatic heterocycles. The van der Waals surface area contributed by atoms with Crippen molar-refractivity contribution < 1.29 is 22.7 Å². The zero-order valence-corrected chi connectivity index (χ0v) is 24.6. The first-order chi connectivity index (χ1) is 19.1. The average molecular weight is 586 g/mol. The number of anilines is 1. The minimum Gasteiger partial charge on any atom is -0.494 e. The topological polar surface area (TPSA) is 96.0 Å². The van der Waals surface area contributed by atoms with E-state index in [1.165, 1.54) is 4.90 Å². The smallest absolute Gasteiger partial charge is 0.244 e. The normalized spacial score (nSPS) is 11.9. The fraction of sp³-hybridized carbons (Fsp3) is 0.333. The van der Waals surface area contributed by atoms with E-state index in [9.17, 15) is 18.0 Å². The number of hydrogen-bond acceptors (Lipinski definition) is 5. The molecule has 0 saturated carbocycles. The molecule has 0 bridgehead atoms. The number of rotatable bonds is 14. The van der Waals surface area contributed by atoms with Gasteiger partial charge in [0.05, 0.1) is 18.6 Å². The standard InChI is InChI=1S/C30H36ClN3O5S/c1-4-19-32-30(36)28(20-23-9-7-6-8-10-23)33(21-24-11-13-25(31)14-12-24)29(35)22-34(40(3,37)38)26-15-17-27(18-16-26)39-5-2/h6-18,28H,4-5,19-22H2,1-3H3,(H,32,36). The van der Waals surface area contributed by atoms with Gasteiger partial charge in [0, 0.05) is 24.5 Å². The van der Waals surface area contributed by atoms with Crippen molar-refractivity contribution in [2.75, 3.05) is 30.3 Å². The van der Waals surface area contributed by atoms with Gasteiger partial charge < -0.3 is 15.0 Å². The molecular weight excluding hydrogens is 550 g/mol. The highest BCUT2D eigenvalue weighted by atomic mass is 35.5. The lowest BCUT2D eigenvalue weighted by molar-refractivity contribution is -0.140. The number of nitrogens with one attached hydrogen (secondary N) is 1. The van der Waals surface area contributed by atoms with Crippen LogP contribution in [0.5, 0.6) is 5.75 Å². The SMILES string of the molecule is CCCNC(=O)C(Cc1ccccc1)N(Cc1ccc(Cl)cc1)C(=O)CN(c1ccc(OCC)cc1)S(C)(=O)=O. The maximum Gasteiger partial charge on any atom is 0.244 e. The van der Waals surface area contributed by atoms with Crippen molar-refractivity contribution >= 4 is 39.1 Å². The van der Waals surface area contributed by atoms with E-state index in [2.05, 4.69) is 5.32 Å². The predicted molar refractivity (Wildman–Crippen MR) is 159 cm³/mol. The van der Waals surface area contributed by atoms with Gasteiger partial charge in [-0.05, 0) is 60.9 Å². The molecule has 1 atom stereocenters. The summed E-state index contributed by atoms with van der Waals surface area (Å²) >= 11 is 6.08. The van der Waals surface area contributed by atoms with Crippen molar-refractivity contribution in [3.8, 4) is 5.75 Å². The Labute approximate surface area is 241 Å². The second kappa shape index (κ2) is 14.7. The molecule has 3 aromatic rings. The summed E-state index contributed by atoms with van der Waals surface area (Å²) in [5.41, 5.74) is 1.95. The van der Waals surface area contributed by atoms with Gasteiger partial charge in [-0.1, -0.05) is 61.0 Å². The Bertz CT molecular complexity index is 1350. The Balaban J connectivity index is 2.01. The molecule has 0 aliphatic rings. The lowest BCUT2D eigenvalue weighted by Gasteiger charge is -2.33. The van der Waals surface area contributed by atoms with Crippen molar-refractivity contribution in [2.45, 2.75) is 39.3 Å². The first-order valence-electron chi connectivity index (χ1n) is 13.2. The fourth-order valence-corrected chi connectivity index (χ4v) is 5.17. The minimum absolute atomic E-state index is 0.0912. The minimum atomic E-state index is -3.84. The molecule has 1 unspecified atom stereocenters. The van der Waals surface area contributed by atoms with Crippen LogP contribution in [0, 0.1) is 0 Å². The Hall–Kier alpha value is -3.56. The molecule has 0 spiro atoms. The van der Waals surface area contributed by atoms with E-state index in [0.29, 0.717) is 29.6 Å². The number of hydrogen-bond donors (Lipinski definition) is 1. The van der Waals surface area contributed by atoms with E-state index < -0.39 is 28.5 Å². The number of halogens is 1. The molecular formula is C30H36ClN3O5S. The number of sulfonamides is 1. The van der Waals surface area contributed by atoms with E-state index in [4.69, 9.17) is 16.3 Å². The van der Waals surface area contributed by atoms with Gasteiger partial charge in [0.1, 0.15) is 18.3 Å². The van der Waals surface area contributed by atoms with Gasteiger partial charge in [0.2, 0.25) is 21.8 Å². The number of ether oxygens (including phenoxy) is 1. The molecule has 10 heteroatoms. The van der Waals surface area contributed by atoms with E-state index in [-0.39, 0.29) is 18.9 Å². The van der Waals surface area contributed by atoms with Crippen LogP contribution in [0.1, 0.15) is 31.4 Å². The molecule has 1 N–H and O–H groups in total. The Kier molecular flexibility index (Phi) is 11.4. The van der Waals surface area contributed by atoms with Crippen LogP contribution in [0.15, 0.2) is 78.9 Å². The van der Waals surface area contributed by atoms with Crippen LogP contribution in [0.25, 0.3) is 0 Å². The number of benzene rings is 3. The summed E-state index contributed by atoms with van der Waals surface area (Å²) in [6.45, 7) is 4.34. The summed E-state index contributed by atoms with van der Waals surface area (Å²) in [6.07, 6.45) is 2.04. The highest BCUT2D eigenvalue weighted by Crippen LogP contribution is 2.23. The summed E-state index contributed by atoms with van der Waals surface area (Å²) in [6, 6.07) is 22.0. The Morgan fingerprint density at radius 3 is 2.15 bits per heavy atom. The third-order valence-corrected chi connectivity index (χ3v) is 7.59. The van der Waals surface area contributed by atoms with Gasteiger partial charge >= 0.3 is 0 Å². The van der Waals surface area contributed by atoms with Gasteiger partial charge in [-0.25, -0.2) is 8.42 Å². The first-order valence-corrected chi connectivity index (χ1v) is 15.4. The second-order valence-electron chi connectivity index (χ2n) is 9.34.